The Morgan fingerprint density at radius 3 is 2.09 bits per heavy atom. The molecule has 3 aromatic carbocycles. The summed E-state index contributed by atoms with van der Waals surface area (Å²) in [7, 11) is -5.35. The van der Waals surface area contributed by atoms with E-state index in [1.54, 1.807) is 30.3 Å². The maximum atomic E-state index is 15.2. The third-order valence-corrected chi connectivity index (χ3v) is 6.52. The van der Waals surface area contributed by atoms with Crippen molar-refractivity contribution in [2.75, 3.05) is 10.7 Å². The number of hydrogen-bond donors (Lipinski definition) is 2. The van der Waals surface area contributed by atoms with Crippen LogP contribution in [0.5, 0.6) is 0 Å². The van der Waals surface area contributed by atoms with Gasteiger partial charge in [-0.05, 0) is 36.8 Å². The Morgan fingerprint density at radius 2 is 1.59 bits per heavy atom. The van der Waals surface area contributed by atoms with Gasteiger partial charge in [0.15, 0.2) is 5.54 Å². The normalized spacial score (nSPS) is 19.0. The summed E-state index contributed by atoms with van der Waals surface area (Å²) in [6.07, 6.45) is -3.43. The minimum Gasteiger partial charge on any atom is -0.399 e. The molecule has 0 aromatic heterocycles. The molecule has 34 heavy (non-hydrogen) atoms. The lowest BCUT2D eigenvalue weighted by Gasteiger charge is -2.39. The quantitative estimate of drug-likeness (QED) is 0.409. The van der Waals surface area contributed by atoms with E-state index < -0.39 is 27.8 Å². The number of aryl methyl sites for hydroxylation is 1. The van der Waals surface area contributed by atoms with Crippen LogP contribution in [0.4, 0.5) is 20.2 Å². The van der Waals surface area contributed by atoms with E-state index in [-0.39, 0.29) is 21.4 Å². The highest BCUT2D eigenvalue weighted by atomic mass is 32.2. The predicted octanol–water partition coefficient (Wildman–Crippen LogP) is 4.51. The zero-order valence-electron chi connectivity index (χ0n) is 17.9. The fourth-order valence-electron chi connectivity index (χ4n) is 4.15. The van der Waals surface area contributed by atoms with Gasteiger partial charge in [-0.15, -0.1) is 0 Å². The minimum atomic E-state index is -5.35. The van der Waals surface area contributed by atoms with E-state index >= 15 is 8.78 Å². The highest BCUT2D eigenvalue weighted by molar-refractivity contribution is 7.83. The number of nitrogens with zero attached hydrogens (tertiary/aromatic N) is 3. The van der Waals surface area contributed by atoms with Crippen molar-refractivity contribution in [2.24, 2.45) is 0 Å². The minimum absolute atomic E-state index is 0.103. The zero-order valence-corrected chi connectivity index (χ0v) is 18.7. The molecule has 1 aliphatic heterocycles. The summed E-state index contributed by atoms with van der Waals surface area (Å²) in [5.41, 5.74) is 3.76. The first-order chi connectivity index (χ1) is 16.1. The topological polar surface area (TPSA) is 111 Å². The fraction of sp³-hybridized carbons (Fsp3) is 0.125. The molecule has 0 aliphatic carbocycles. The predicted molar refractivity (Wildman–Crippen MR) is 125 cm³/mol. The van der Waals surface area contributed by atoms with Crippen molar-refractivity contribution in [3.63, 3.8) is 0 Å². The molecule has 0 saturated heterocycles. The van der Waals surface area contributed by atoms with Crippen LogP contribution in [0.25, 0.3) is 5.70 Å². The first kappa shape index (κ1) is 23.4. The lowest BCUT2D eigenvalue weighted by atomic mass is 9.83. The van der Waals surface area contributed by atoms with Crippen LogP contribution in [0.3, 0.4) is 0 Å². The Balaban J connectivity index is 2.19. The Bertz CT molecular complexity index is 1390. The average molecular weight is 483 g/mol. The van der Waals surface area contributed by atoms with Crippen LogP contribution < -0.4 is 10.7 Å². The molecule has 0 saturated carbocycles. The molecule has 0 bridgehead atoms. The first-order valence-electron chi connectivity index (χ1n) is 10.1. The van der Waals surface area contributed by atoms with Crippen LogP contribution in [0.2, 0.25) is 0 Å². The number of nitriles is 1. The van der Waals surface area contributed by atoms with Gasteiger partial charge in [-0.25, -0.2) is 8.78 Å². The maximum Gasteiger partial charge on any atom is 0.354 e. The number of benzene rings is 3. The number of halogens is 2. The monoisotopic (exact) mass is 482 g/mol. The second-order valence-corrected chi connectivity index (χ2v) is 9.00. The highest BCUT2D eigenvalue weighted by Gasteiger charge is 2.64. The summed E-state index contributed by atoms with van der Waals surface area (Å²) >= 11 is 0. The number of alkyl halides is 2. The van der Waals surface area contributed by atoms with Gasteiger partial charge in [0.1, 0.15) is 0 Å². The Hall–Kier alpha value is -3.78. The van der Waals surface area contributed by atoms with E-state index in [0.29, 0.717) is 11.3 Å². The van der Waals surface area contributed by atoms with Crippen LogP contribution in [-0.2, 0) is 15.8 Å². The van der Waals surface area contributed by atoms with E-state index in [1.807, 2.05) is 13.0 Å². The second kappa shape index (κ2) is 8.53. The van der Waals surface area contributed by atoms with Gasteiger partial charge in [-0.1, -0.05) is 64.6 Å². The SMILES string of the molecule is Cc1ccc(C2=C(C#N)C(c3ccccc3)(C(F)F)N(S(=O)(=O)O)N2c2ccc(N)cc2)cc1. The van der Waals surface area contributed by atoms with Crippen LogP contribution in [-0.4, -0.2) is 23.8 Å². The maximum absolute atomic E-state index is 15.2. The van der Waals surface area contributed by atoms with E-state index in [0.717, 1.165) is 10.6 Å². The van der Waals surface area contributed by atoms with Crippen LogP contribution >= 0.6 is 0 Å². The number of rotatable bonds is 5. The first-order valence-corrected chi connectivity index (χ1v) is 11.5. The number of anilines is 2. The molecular weight excluding hydrogens is 462 g/mol. The third kappa shape index (κ3) is 3.60. The summed E-state index contributed by atoms with van der Waals surface area (Å²) < 4.78 is 66.5. The van der Waals surface area contributed by atoms with Gasteiger partial charge in [0.25, 0.3) is 6.43 Å². The van der Waals surface area contributed by atoms with Crippen LogP contribution in [0.1, 0.15) is 16.7 Å². The fourth-order valence-corrected chi connectivity index (χ4v) is 5.17. The van der Waals surface area contributed by atoms with Gasteiger partial charge in [-0.3, -0.25) is 9.56 Å². The zero-order chi connectivity index (χ0) is 24.7. The van der Waals surface area contributed by atoms with Crippen molar-refractivity contribution in [1.29, 1.82) is 5.26 Å². The van der Waals surface area contributed by atoms with Gasteiger partial charge in [0.2, 0.25) is 0 Å². The molecule has 7 nitrogen and oxygen atoms in total. The van der Waals surface area contributed by atoms with Crippen molar-refractivity contribution in [3.8, 4) is 6.07 Å². The molecule has 3 aromatic rings. The average Bonchev–Trinajstić information content (AvgIpc) is 3.13. The summed E-state index contributed by atoms with van der Waals surface area (Å²) in [6, 6.07) is 21.3. The standard InChI is InChI=1S/C24H20F2N4O3S/c1-16-7-9-17(10-8-16)22-21(15-27)24(23(25)26,18-5-3-2-4-6-18)30(34(31,32)33)29(22)20-13-11-19(28)12-14-20/h2-14,23H,28H2,1H3,(H,31,32,33). The Kier molecular flexibility index (Phi) is 5.87. The van der Waals surface area contributed by atoms with Gasteiger partial charge in [-0.2, -0.15) is 13.7 Å². The molecule has 3 N–H and O–H groups in total. The van der Waals surface area contributed by atoms with Crippen molar-refractivity contribution >= 4 is 27.4 Å². The lowest BCUT2D eigenvalue weighted by Crippen LogP contribution is -2.56. The molecule has 0 fully saturated rings. The van der Waals surface area contributed by atoms with Crippen molar-refractivity contribution in [2.45, 2.75) is 18.9 Å². The molecule has 4 rings (SSSR count). The van der Waals surface area contributed by atoms with Crippen LogP contribution in [0.15, 0.2) is 84.4 Å². The smallest absolute Gasteiger partial charge is 0.354 e. The van der Waals surface area contributed by atoms with Gasteiger partial charge < -0.3 is 5.73 Å². The van der Waals surface area contributed by atoms with Crippen molar-refractivity contribution < 1.29 is 21.8 Å². The Labute approximate surface area is 195 Å². The summed E-state index contributed by atoms with van der Waals surface area (Å²) in [5, 5.41) is 11.1. The molecule has 0 spiro atoms. The molecule has 1 heterocycles. The number of hydrogen-bond acceptors (Lipinski definition) is 5. The largest absolute Gasteiger partial charge is 0.399 e. The molecule has 0 radical (unpaired) electrons. The van der Waals surface area contributed by atoms with Gasteiger partial charge >= 0.3 is 10.3 Å². The molecule has 0 amide bonds. The molecule has 1 aliphatic rings. The van der Waals surface area contributed by atoms with E-state index in [1.165, 1.54) is 48.5 Å². The molecule has 174 valence electrons. The molecule has 1 unspecified atom stereocenters. The van der Waals surface area contributed by atoms with E-state index in [4.69, 9.17) is 5.73 Å². The number of nitrogen functional groups attached to an aromatic ring is 1. The Morgan fingerprint density at radius 1 is 1.00 bits per heavy atom. The summed E-state index contributed by atoms with van der Waals surface area (Å²) in [6.45, 7) is 1.83. The highest BCUT2D eigenvalue weighted by Crippen LogP contribution is 2.54. The third-order valence-electron chi connectivity index (χ3n) is 5.64. The summed E-state index contributed by atoms with van der Waals surface area (Å²) in [5.74, 6) is 0. The van der Waals surface area contributed by atoms with Gasteiger partial charge in [0.05, 0.1) is 23.0 Å². The van der Waals surface area contributed by atoms with E-state index in [2.05, 4.69) is 0 Å². The molecule has 1 atom stereocenters. The number of nitrogens with two attached hydrogens (primary N) is 1. The second-order valence-electron chi connectivity index (χ2n) is 7.76. The molecule has 10 heteroatoms. The number of hydrazine groups is 1. The molecular formula is C24H20F2N4O3S. The summed E-state index contributed by atoms with van der Waals surface area (Å²) in [4.78, 5) is 0. The van der Waals surface area contributed by atoms with Crippen molar-refractivity contribution in [1.82, 2.24) is 4.41 Å². The van der Waals surface area contributed by atoms with Gasteiger partial charge in [0, 0.05) is 11.3 Å². The lowest BCUT2D eigenvalue weighted by molar-refractivity contribution is 0.0112. The van der Waals surface area contributed by atoms with Crippen LogP contribution in [0, 0.1) is 18.3 Å². The van der Waals surface area contributed by atoms with E-state index in [9.17, 15) is 18.2 Å². The van der Waals surface area contributed by atoms with Crippen molar-refractivity contribution in [3.05, 3.63) is 101 Å².